The fourth-order valence-corrected chi connectivity index (χ4v) is 3.93. The minimum atomic E-state index is -0.921. The molecule has 0 radical (unpaired) electrons. The summed E-state index contributed by atoms with van der Waals surface area (Å²) in [7, 11) is 0. The van der Waals surface area contributed by atoms with E-state index in [1.807, 2.05) is 0 Å². The highest BCUT2D eigenvalue weighted by Gasteiger charge is 2.26. The van der Waals surface area contributed by atoms with Crippen molar-refractivity contribution in [2.75, 3.05) is 5.75 Å². The smallest absolute Gasteiger partial charge is 0.329 e. The van der Waals surface area contributed by atoms with Gasteiger partial charge in [-0.05, 0) is 12.1 Å². The maximum atomic E-state index is 11.0. The molecule has 0 aliphatic carbocycles. The highest BCUT2D eigenvalue weighted by atomic mass is 32.2. The summed E-state index contributed by atoms with van der Waals surface area (Å²) >= 11 is 2.80. The fraction of sp³-hybridized carbons (Fsp3) is 0.231. The molecule has 1 aromatic carbocycles. The number of aliphatic carboxylic acids is 1. The maximum absolute atomic E-state index is 11.0. The predicted molar refractivity (Wildman–Crippen MR) is 81.3 cm³/mol. The normalized spacial score (nSPS) is 17.8. The zero-order chi connectivity index (χ0) is 15.0. The van der Waals surface area contributed by atoms with Gasteiger partial charge in [-0.25, -0.2) is 9.78 Å². The van der Waals surface area contributed by atoms with Gasteiger partial charge in [0.1, 0.15) is 15.8 Å². The molecule has 0 amide bonds. The van der Waals surface area contributed by atoms with E-state index in [-0.39, 0.29) is 5.97 Å². The molecule has 108 valence electrons. The topological polar surface area (TPSA) is 88.9 Å². The highest BCUT2D eigenvalue weighted by molar-refractivity contribution is 8.15. The quantitative estimate of drug-likeness (QED) is 0.688. The molecule has 3 rings (SSSR count). The first-order valence-electron chi connectivity index (χ1n) is 6.06. The van der Waals surface area contributed by atoms with Crippen LogP contribution in [0.1, 0.15) is 11.9 Å². The summed E-state index contributed by atoms with van der Waals surface area (Å²) in [5, 5.41) is 10.3. The summed E-state index contributed by atoms with van der Waals surface area (Å²) in [6.45, 7) is 1.35. The minimum Gasteiger partial charge on any atom is -0.480 e. The number of fused-ring (bicyclic) bond motifs is 1. The van der Waals surface area contributed by atoms with Crippen molar-refractivity contribution >= 4 is 50.3 Å². The summed E-state index contributed by atoms with van der Waals surface area (Å²) in [4.78, 5) is 30.5. The van der Waals surface area contributed by atoms with E-state index in [9.17, 15) is 9.59 Å². The predicted octanol–water partition coefficient (Wildman–Crippen LogP) is 2.17. The SMILES string of the molecule is CC(=O)Oc1ccc2nc(C3=N[C@@H](C(=O)O)CS3)sc2c1. The van der Waals surface area contributed by atoms with Gasteiger partial charge in [-0.2, -0.15) is 0 Å². The largest absolute Gasteiger partial charge is 0.480 e. The van der Waals surface area contributed by atoms with E-state index < -0.39 is 12.0 Å². The lowest BCUT2D eigenvalue weighted by Gasteiger charge is -1.99. The number of benzene rings is 1. The van der Waals surface area contributed by atoms with E-state index in [0.29, 0.717) is 21.6 Å². The standard InChI is InChI=1S/C13H10N2O4S2/c1-6(16)19-7-2-3-8-10(4-7)21-12(14-8)11-15-9(5-20-11)13(17)18/h2-4,9H,5H2,1H3,(H,17,18)/t9-/m1/s1. The molecule has 1 aliphatic rings. The number of carboxylic acids is 1. The number of thioether (sulfide) groups is 1. The Hall–Kier alpha value is -1.93. The van der Waals surface area contributed by atoms with Crippen LogP contribution in [0, 0.1) is 0 Å². The molecule has 2 heterocycles. The van der Waals surface area contributed by atoms with E-state index in [4.69, 9.17) is 9.84 Å². The Balaban J connectivity index is 1.93. The van der Waals surface area contributed by atoms with Gasteiger partial charge in [-0.3, -0.25) is 9.79 Å². The Labute approximate surface area is 127 Å². The third-order valence-corrected chi connectivity index (χ3v) is 4.95. The van der Waals surface area contributed by atoms with Crippen LogP contribution in [0.25, 0.3) is 10.2 Å². The third-order valence-electron chi connectivity index (χ3n) is 2.74. The van der Waals surface area contributed by atoms with Crippen LogP contribution in [-0.2, 0) is 9.59 Å². The second-order valence-electron chi connectivity index (χ2n) is 4.34. The first-order chi connectivity index (χ1) is 10.0. The van der Waals surface area contributed by atoms with Gasteiger partial charge < -0.3 is 9.84 Å². The summed E-state index contributed by atoms with van der Waals surface area (Å²) in [6, 6.07) is 4.49. The molecule has 8 heteroatoms. The first kappa shape index (κ1) is 14.0. The Morgan fingerprint density at radius 3 is 2.90 bits per heavy atom. The Morgan fingerprint density at radius 1 is 1.43 bits per heavy atom. The molecule has 0 saturated heterocycles. The van der Waals surface area contributed by atoms with E-state index in [2.05, 4.69) is 9.98 Å². The van der Waals surface area contributed by atoms with E-state index in [1.54, 1.807) is 18.2 Å². The average molecular weight is 322 g/mol. The molecule has 6 nitrogen and oxygen atoms in total. The van der Waals surface area contributed by atoms with Crippen molar-refractivity contribution in [3.05, 3.63) is 23.2 Å². The van der Waals surface area contributed by atoms with Crippen molar-refractivity contribution in [2.24, 2.45) is 4.99 Å². The van der Waals surface area contributed by atoms with Crippen LogP contribution in [0.2, 0.25) is 0 Å². The molecular weight excluding hydrogens is 312 g/mol. The molecule has 21 heavy (non-hydrogen) atoms. The lowest BCUT2D eigenvalue weighted by atomic mass is 10.3. The van der Waals surface area contributed by atoms with Crippen molar-refractivity contribution in [2.45, 2.75) is 13.0 Å². The van der Waals surface area contributed by atoms with Crippen molar-refractivity contribution in [3.63, 3.8) is 0 Å². The number of rotatable bonds is 3. The van der Waals surface area contributed by atoms with Gasteiger partial charge in [0.2, 0.25) is 0 Å². The number of aromatic nitrogens is 1. The number of nitrogens with zero attached hydrogens (tertiary/aromatic N) is 2. The highest BCUT2D eigenvalue weighted by Crippen LogP contribution is 2.31. The molecule has 0 saturated carbocycles. The Morgan fingerprint density at radius 2 is 2.24 bits per heavy atom. The second-order valence-corrected chi connectivity index (χ2v) is 6.38. The van der Waals surface area contributed by atoms with Crippen molar-refractivity contribution in [3.8, 4) is 5.75 Å². The van der Waals surface area contributed by atoms with Gasteiger partial charge in [0.25, 0.3) is 0 Å². The van der Waals surface area contributed by atoms with Crippen LogP contribution in [0.3, 0.4) is 0 Å². The van der Waals surface area contributed by atoms with Gasteiger partial charge in [0.15, 0.2) is 6.04 Å². The minimum absolute atomic E-state index is 0.376. The van der Waals surface area contributed by atoms with Gasteiger partial charge in [0, 0.05) is 18.7 Å². The molecule has 0 bridgehead atoms. The van der Waals surface area contributed by atoms with Gasteiger partial charge >= 0.3 is 11.9 Å². The Bertz CT molecular complexity index is 769. The van der Waals surface area contributed by atoms with E-state index in [0.717, 1.165) is 10.2 Å². The van der Waals surface area contributed by atoms with Crippen LogP contribution < -0.4 is 4.74 Å². The number of aliphatic imine (C=N–C) groups is 1. The van der Waals surface area contributed by atoms with Gasteiger partial charge in [-0.15, -0.1) is 23.1 Å². The monoisotopic (exact) mass is 322 g/mol. The number of thiazole rings is 1. The fourth-order valence-electron chi connectivity index (χ4n) is 1.84. The number of carbonyl (C=O) groups is 2. The lowest BCUT2D eigenvalue weighted by molar-refractivity contribution is -0.137. The number of carbonyl (C=O) groups excluding carboxylic acids is 1. The molecule has 1 atom stereocenters. The second kappa shape index (κ2) is 5.45. The molecule has 2 aromatic rings. The van der Waals surface area contributed by atoms with Crippen molar-refractivity contribution in [1.29, 1.82) is 0 Å². The van der Waals surface area contributed by atoms with Gasteiger partial charge in [0.05, 0.1) is 10.2 Å². The van der Waals surface area contributed by atoms with Crippen LogP contribution in [-0.4, -0.2) is 38.9 Å². The molecule has 0 spiro atoms. The number of esters is 1. The maximum Gasteiger partial charge on any atom is 0.329 e. The van der Waals surface area contributed by atoms with Crippen LogP contribution in [0.15, 0.2) is 23.2 Å². The number of hydrogen-bond acceptors (Lipinski definition) is 7. The number of ether oxygens (including phenoxy) is 1. The van der Waals surface area contributed by atoms with Crippen LogP contribution in [0.4, 0.5) is 0 Å². The van der Waals surface area contributed by atoms with Gasteiger partial charge in [-0.1, -0.05) is 0 Å². The average Bonchev–Trinajstić information content (AvgIpc) is 3.03. The van der Waals surface area contributed by atoms with E-state index >= 15 is 0 Å². The number of hydrogen-bond donors (Lipinski definition) is 1. The zero-order valence-electron chi connectivity index (χ0n) is 10.9. The van der Waals surface area contributed by atoms with Crippen LogP contribution in [0.5, 0.6) is 5.75 Å². The van der Waals surface area contributed by atoms with Crippen LogP contribution >= 0.6 is 23.1 Å². The molecular formula is C13H10N2O4S2. The number of carboxylic acid groups (broad SMARTS) is 1. The summed E-state index contributed by atoms with van der Waals surface area (Å²) in [6.07, 6.45) is 0. The molecule has 0 fully saturated rings. The molecule has 1 N–H and O–H groups in total. The third kappa shape index (κ3) is 2.91. The summed E-state index contributed by atoms with van der Waals surface area (Å²) in [5.74, 6) is -0.399. The van der Waals surface area contributed by atoms with E-state index in [1.165, 1.54) is 30.0 Å². The molecule has 1 aliphatic heterocycles. The first-order valence-corrected chi connectivity index (χ1v) is 7.86. The Kier molecular flexibility index (Phi) is 3.64. The lowest BCUT2D eigenvalue weighted by Crippen LogP contribution is -2.17. The zero-order valence-corrected chi connectivity index (χ0v) is 12.5. The molecule has 0 unspecified atom stereocenters. The molecule has 1 aromatic heterocycles. The summed E-state index contributed by atoms with van der Waals surface area (Å²) in [5.41, 5.74) is 0.771. The summed E-state index contributed by atoms with van der Waals surface area (Å²) < 4.78 is 5.90. The van der Waals surface area contributed by atoms with Crippen molar-refractivity contribution < 1.29 is 19.4 Å². The van der Waals surface area contributed by atoms with Crippen molar-refractivity contribution in [1.82, 2.24) is 4.98 Å².